The molecular formula is C19H20N4O2. The van der Waals surface area contributed by atoms with Gasteiger partial charge in [-0.15, -0.1) is 0 Å². The average molecular weight is 336 g/mol. The lowest BCUT2D eigenvalue weighted by molar-refractivity contribution is 0.239. The molecule has 1 N–H and O–H groups in total. The third kappa shape index (κ3) is 3.00. The highest BCUT2D eigenvalue weighted by atomic mass is 16.1. The number of aromatic nitrogens is 3. The van der Waals surface area contributed by atoms with Gasteiger partial charge in [0.1, 0.15) is 5.82 Å². The number of nitrogens with zero attached hydrogens (tertiary/aromatic N) is 3. The summed E-state index contributed by atoms with van der Waals surface area (Å²) in [5.41, 5.74) is 1.71. The van der Waals surface area contributed by atoms with E-state index in [1.54, 1.807) is 23.7 Å². The number of likely N-dealkylation sites (tertiary alicyclic amines) is 1. The van der Waals surface area contributed by atoms with Gasteiger partial charge >= 0.3 is 0 Å². The number of hydrogen-bond donors (Lipinski definition) is 1. The Morgan fingerprint density at radius 1 is 1.20 bits per heavy atom. The summed E-state index contributed by atoms with van der Waals surface area (Å²) in [7, 11) is 1.76. The van der Waals surface area contributed by atoms with Gasteiger partial charge in [0.15, 0.2) is 0 Å². The number of benzene rings is 1. The summed E-state index contributed by atoms with van der Waals surface area (Å²) in [4.78, 5) is 33.9. The van der Waals surface area contributed by atoms with E-state index in [0.717, 1.165) is 42.8 Å². The minimum Gasteiger partial charge on any atom is -0.318 e. The lowest BCUT2D eigenvalue weighted by Gasteiger charge is -2.24. The van der Waals surface area contributed by atoms with E-state index < -0.39 is 0 Å². The van der Waals surface area contributed by atoms with Crippen molar-refractivity contribution in [2.45, 2.75) is 25.4 Å². The number of rotatable bonds is 3. The van der Waals surface area contributed by atoms with Gasteiger partial charge in [0.25, 0.3) is 5.56 Å². The predicted octanol–water partition coefficient (Wildman–Crippen LogP) is 1.96. The van der Waals surface area contributed by atoms with Crippen LogP contribution in [-0.2, 0) is 13.6 Å². The van der Waals surface area contributed by atoms with Gasteiger partial charge in [-0.2, -0.15) is 0 Å². The summed E-state index contributed by atoms with van der Waals surface area (Å²) in [6, 6.07) is 11.0. The monoisotopic (exact) mass is 336 g/mol. The summed E-state index contributed by atoms with van der Waals surface area (Å²) in [6.07, 6.45) is 3.90. The van der Waals surface area contributed by atoms with Crippen LogP contribution in [0.4, 0.5) is 0 Å². The maximum Gasteiger partial charge on any atom is 0.258 e. The molecule has 0 radical (unpaired) electrons. The van der Waals surface area contributed by atoms with Crippen LogP contribution in [0.5, 0.6) is 0 Å². The molecule has 6 heteroatoms. The number of aromatic amines is 1. The molecule has 0 amide bonds. The van der Waals surface area contributed by atoms with Crippen molar-refractivity contribution in [1.82, 2.24) is 19.4 Å². The Labute approximate surface area is 144 Å². The first kappa shape index (κ1) is 15.8. The topological polar surface area (TPSA) is 71.0 Å². The molecule has 2 aromatic heterocycles. The predicted molar refractivity (Wildman–Crippen MR) is 96.4 cm³/mol. The number of fused-ring (bicyclic) bond motifs is 1. The van der Waals surface area contributed by atoms with Gasteiger partial charge in [-0.05, 0) is 37.1 Å². The summed E-state index contributed by atoms with van der Waals surface area (Å²) in [6.45, 7) is 1.68. The van der Waals surface area contributed by atoms with Crippen molar-refractivity contribution in [3.63, 3.8) is 0 Å². The van der Waals surface area contributed by atoms with E-state index in [2.05, 4.69) is 14.9 Å². The lowest BCUT2D eigenvalue weighted by atomic mass is 10.1. The fourth-order valence-corrected chi connectivity index (χ4v) is 3.57. The lowest BCUT2D eigenvalue weighted by Crippen LogP contribution is -2.27. The van der Waals surface area contributed by atoms with Gasteiger partial charge < -0.3 is 9.55 Å². The van der Waals surface area contributed by atoms with Gasteiger partial charge in [-0.25, -0.2) is 4.98 Å². The molecule has 0 aliphatic carbocycles. The van der Waals surface area contributed by atoms with Crippen LogP contribution in [-0.4, -0.2) is 26.0 Å². The molecule has 25 heavy (non-hydrogen) atoms. The van der Waals surface area contributed by atoms with Crippen LogP contribution in [0.3, 0.4) is 0 Å². The van der Waals surface area contributed by atoms with Crippen LogP contribution in [0.15, 0.2) is 52.2 Å². The average Bonchev–Trinajstić information content (AvgIpc) is 3.06. The first-order valence-corrected chi connectivity index (χ1v) is 8.50. The molecular weight excluding hydrogens is 316 g/mol. The molecule has 3 heterocycles. The van der Waals surface area contributed by atoms with E-state index in [1.165, 1.54) is 0 Å². The molecule has 1 aliphatic rings. The Bertz CT molecular complexity index is 1040. The van der Waals surface area contributed by atoms with Crippen molar-refractivity contribution in [3.8, 4) is 0 Å². The summed E-state index contributed by atoms with van der Waals surface area (Å²) >= 11 is 0. The number of hydrogen-bond acceptors (Lipinski definition) is 4. The molecule has 1 aliphatic heterocycles. The van der Waals surface area contributed by atoms with Crippen molar-refractivity contribution in [2.75, 3.05) is 6.54 Å². The van der Waals surface area contributed by atoms with E-state index in [9.17, 15) is 9.59 Å². The van der Waals surface area contributed by atoms with Crippen LogP contribution in [0.1, 0.15) is 30.3 Å². The first-order chi connectivity index (χ1) is 12.1. The molecule has 0 saturated carbocycles. The Hall–Kier alpha value is -2.73. The summed E-state index contributed by atoms with van der Waals surface area (Å²) in [5, 5.41) is 0.619. The molecule has 0 bridgehead atoms. The SMILES string of the molecule is Cn1cc(CN2CCCC2c2nc3ccccc3c(=O)[nH]2)ccc1=O. The Kier molecular flexibility index (Phi) is 3.97. The molecule has 6 nitrogen and oxygen atoms in total. The van der Waals surface area contributed by atoms with E-state index in [1.807, 2.05) is 30.5 Å². The normalized spacial score (nSPS) is 18.0. The van der Waals surface area contributed by atoms with Crippen LogP contribution in [0.2, 0.25) is 0 Å². The second-order valence-electron chi connectivity index (χ2n) is 6.58. The Balaban J connectivity index is 1.66. The highest BCUT2D eigenvalue weighted by Gasteiger charge is 2.28. The van der Waals surface area contributed by atoms with Crippen molar-refractivity contribution in [2.24, 2.45) is 7.05 Å². The van der Waals surface area contributed by atoms with Crippen LogP contribution >= 0.6 is 0 Å². The molecule has 3 aromatic rings. The minimum atomic E-state index is -0.0884. The second kappa shape index (κ2) is 6.29. The smallest absolute Gasteiger partial charge is 0.258 e. The number of H-pyrrole nitrogens is 1. The number of para-hydroxylation sites is 1. The van der Waals surface area contributed by atoms with Crippen molar-refractivity contribution >= 4 is 10.9 Å². The number of nitrogens with one attached hydrogen (secondary N) is 1. The summed E-state index contributed by atoms with van der Waals surface area (Å²) in [5.74, 6) is 0.728. The van der Waals surface area contributed by atoms with Crippen molar-refractivity contribution in [3.05, 3.63) is 74.7 Å². The highest BCUT2D eigenvalue weighted by Crippen LogP contribution is 2.31. The maximum atomic E-state index is 12.4. The van der Waals surface area contributed by atoms with Crippen LogP contribution < -0.4 is 11.1 Å². The van der Waals surface area contributed by atoms with Crippen molar-refractivity contribution < 1.29 is 0 Å². The fourth-order valence-electron chi connectivity index (χ4n) is 3.57. The standard InChI is InChI=1S/C19H20N4O2/c1-22-11-13(8-9-17(22)24)12-23-10-4-7-16(23)18-20-15-6-3-2-5-14(15)19(25)21-18/h2-3,5-6,8-9,11,16H,4,7,10,12H2,1H3,(H,20,21,25). The maximum absolute atomic E-state index is 12.4. The minimum absolute atomic E-state index is 0.0118. The van der Waals surface area contributed by atoms with Gasteiger partial charge in [-0.1, -0.05) is 18.2 Å². The van der Waals surface area contributed by atoms with Crippen molar-refractivity contribution in [1.29, 1.82) is 0 Å². The third-order valence-corrected chi connectivity index (χ3v) is 4.84. The zero-order chi connectivity index (χ0) is 17.4. The molecule has 1 fully saturated rings. The molecule has 1 saturated heterocycles. The van der Waals surface area contributed by atoms with Gasteiger partial charge in [0.2, 0.25) is 5.56 Å². The van der Waals surface area contributed by atoms with E-state index in [0.29, 0.717) is 5.39 Å². The van der Waals surface area contributed by atoms with E-state index in [-0.39, 0.29) is 17.2 Å². The van der Waals surface area contributed by atoms with E-state index in [4.69, 9.17) is 0 Å². The Morgan fingerprint density at radius 2 is 2.04 bits per heavy atom. The molecule has 4 rings (SSSR count). The van der Waals surface area contributed by atoms with Gasteiger partial charge in [0.05, 0.1) is 16.9 Å². The number of aryl methyl sites for hydroxylation is 1. The first-order valence-electron chi connectivity index (χ1n) is 8.50. The summed E-state index contributed by atoms with van der Waals surface area (Å²) < 4.78 is 1.59. The molecule has 0 spiro atoms. The van der Waals surface area contributed by atoms with Gasteiger partial charge in [-0.3, -0.25) is 14.5 Å². The van der Waals surface area contributed by atoms with Gasteiger partial charge in [0, 0.05) is 25.9 Å². The molecule has 128 valence electrons. The third-order valence-electron chi connectivity index (χ3n) is 4.84. The zero-order valence-corrected chi connectivity index (χ0v) is 14.1. The van der Waals surface area contributed by atoms with Crippen LogP contribution in [0.25, 0.3) is 10.9 Å². The van der Waals surface area contributed by atoms with E-state index >= 15 is 0 Å². The molecule has 1 unspecified atom stereocenters. The quantitative estimate of drug-likeness (QED) is 0.794. The Morgan fingerprint density at radius 3 is 2.88 bits per heavy atom. The molecule has 1 aromatic carbocycles. The number of pyridine rings is 1. The fraction of sp³-hybridized carbons (Fsp3) is 0.316. The zero-order valence-electron chi connectivity index (χ0n) is 14.1. The highest BCUT2D eigenvalue weighted by molar-refractivity contribution is 5.77. The molecule has 1 atom stereocenters. The second-order valence-corrected chi connectivity index (χ2v) is 6.58. The van der Waals surface area contributed by atoms with Crippen LogP contribution in [0, 0.1) is 0 Å². The largest absolute Gasteiger partial charge is 0.318 e.